The number of hydrogen-bond acceptors (Lipinski definition) is 0. The lowest BCUT2D eigenvalue weighted by Crippen LogP contribution is -1.91. The van der Waals surface area contributed by atoms with Crippen molar-refractivity contribution in [1.29, 1.82) is 0 Å². The molecule has 0 bridgehead atoms. The lowest BCUT2D eigenvalue weighted by Gasteiger charge is -2.17. The van der Waals surface area contributed by atoms with Gasteiger partial charge in [-0.15, -0.1) is 0 Å². The molecular weight excluding hydrogens is 673 g/mol. The van der Waals surface area contributed by atoms with Crippen molar-refractivity contribution in [3.63, 3.8) is 0 Å². The molecule has 0 nitrogen and oxygen atoms in total. The van der Waals surface area contributed by atoms with Crippen LogP contribution in [0.1, 0.15) is 0 Å². The third-order valence-corrected chi connectivity index (χ3v) is 12.2. The molecule has 12 aromatic carbocycles. The largest absolute Gasteiger partial charge is 0.0616 e. The van der Waals surface area contributed by atoms with Crippen LogP contribution in [0.5, 0.6) is 0 Å². The predicted molar refractivity (Wildman–Crippen MR) is 241 cm³/mol. The highest BCUT2D eigenvalue weighted by Crippen LogP contribution is 2.44. The molecule has 0 saturated heterocycles. The number of rotatable bonds is 5. The Morgan fingerprint density at radius 2 is 0.518 bits per heavy atom. The Balaban J connectivity index is 0.945. The van der Waals surface area contributed by atoms with Gasteiger partial charge in [-0.05, 0) is 126 Å². The molecule has 0 saturated carbocycles. The van der Waals surface area contributed by atoms with Gasteiger partial charge in [0.2, 0.25) is 0 Å². The molecule has 12 aromatic rings. The summed E-state index contributed by atoms with van der Waals surface area (Å²) in [4.78, 5) is 0. The van der Waals surface area contributed by atoms with E-state index in [-0.39, 0.29) is 0 Å². The van der Waals surface area contributed by atoms with Crippen LogP contribution >= 0.6 is 0 Å². The summed E-state index contributed by atoms with van der Waals surface area (Å²) < 4.78 is 0. The van der Waals surface area contributed by atoms with Gasteiger partial charge in [0.15, 0.2) is 0 Å². The molecule has 0 amide bonds. The third-order valence-electron chi connectivity index (χ3n) is 12.2. The van der Waals surface area contributed by atoms with Crippen molar-refractivity contribution in [3.05, 3.63) is 206 Å². The second-order valence-corrected chi connectivity index (χ2v) is 15.2. The fourth-order valence-electron chi connectivity index (χ4n) is 9.60. The summed E-state index contributed by atoms with van der Waals surface area (Å²) in [5, 5.41) is 15.8. The van der Waals surface area contributed by atoms with Crippen LogP contribution in [0.3, 0.4) is 0 Å². The molecule has 0 heterocycles. The van der Waals surface area contributed by atoms with E-state index < -0.39 is 0 Å². The predicted octanol–water partition coefficient (Wildman–Crippen LogP) is 15.8. The maximum absolute atomic E-state index is 2.37. The van der Waals surface area contributed by atoms with Crippen LogP contribution in [0, 0.1) is 0 Å². The Bertz CT molecular complexity index is 3430. The SMILES string of the molecule is c1cc(-c2ccccc2-c2ccccc2-c2ccc(-c3ccc4ccc5cccc6ccc3c4c56)cc2)cc(-c2ccc3ccc4cccc5ccc2c3c45)c1. The lowest BCUT2D eigenvalue weighted by atomic mass is 9.87. The highest BCUT2D eigenvalue weighted by Gasteiger charge is 2.17. The zero-order valence-corrected chi connectivity index (χ0v) is 30.6. The zero-order chi connectivity index (χ0) is 36.7. The highest BCUT2D eigenvalue weighted by molar-refractivity contribution is 6.26. The van der Waals surface area contributed by atoms with Crippen LogP contribution in [-0.4, -0.2) is 0 Å². The molecule has 0 aromatic heterocycles. The first-order chi connectivity index (χ1) is 27.8. The Kier molecular flexibility index (Phi) is 6.73. The van der Waals surface area contributed by atoms with Gasteiger partial charge >= 0.3 is 0 Å². The summed E-state index contributed by atoms with van der Waals surface area (Å²) in [6.45, 7) is 0. The van der Waals surface area contributed by atoms with Crippen LogP contribution in [0.25, 0.3) is 120 Å². The fraction of sp³-hybridized carbons (Fsp3) is 0. The molecule has 258 valence electrons. The van der Waals surface area contributed by atoms with Gasteiger partial charge in [0.25, 0.3) is 0 Å². The summed E-state index contributed by atoms with van der Waals surface area (Å²) in [6.07, 6.45) is 0. The van der Waals surface area contributed by atoms with Crippen LogP contribution in [0.4, 0.5) is 0 Å². The fourth-order valence-corrected chi connectivity index (χ4v) is 9.60. The monoisotopic (exact) mass is 706 g/mol. The maximum atomic E-state index is 2.37. The van der Waals surface area contributed by atoms with Gasteiger partial charge in [-0.25, -0.2) is 0 Å². The van der Waals surface area contributed by atoms with Crippen LogP contribution in [-0.2, 0) is 0 Å². The van der Waals surface area contributed by atoms with E-state index in [2.05, 4.69) is 206 Å². The first-order valence-electron chi connectivity index (χ1n) is 19.5. The second kappa shape index (κ2) is 12.1. The van der Waals surface area contributed by atoms with Crippen molar-refractivity contribution >= 4 is 64.6 Å². The lowest BCUT2D eigenvalue weighted by molar-refractivity contribution is 1.56. The van der Waals surface area contributed by atoms with E-state index in [9.17, 15) is 0 Å². The Hall–Kier alpha value is -7.28. The normalized spacial score (nSPS) is 11.9. The van der Waals surface area contributed by atoms with E-state index in [1.807, 2.05) is 0 Å². The summed E-state index contributed by atoms with van der Waals surface area (Å²) in [6, 6.07) is 76.6. The molecule has 0 aliphatic rings. The van der Waals surface area contributed by atoms with Gasteiger partial charge in [0.1, 0.15) is 0 Å². The van der Waals surface area contributed by atoms with Gasteiger partial charge in [0.05, 0.1) is 0 Å². The average molecular weight is 707 g/mol. The van der Waals surface area contributed by atoms with Crippen molar-refractivity contribution in [2.75, 3.05) is 0 Å². The molecule has 0 fully saturated rings. The van der Waals surface area contributed by atoms with E-state index in [0.717, 1.165) is 0 Å². The maximum Gasteiger partial charge on any atom is -0.00206 e. The minimum atomic E-state index is 1.21. The van der Waals surface area contributed by atoms with Gasteiger partial charge in [-0.1, -0.05) is 200 Å². The molecule has 0 radical (unpaired) electrons. The molecule has 0 spiro atoms. The van der Waals surface area contributed by atoms with Gasteiger partial charge in [-0.3, -0.25) is 0 Å². The summed E-state index contributed by atoms with van der Waals surface area (Å²) in [5.74, 6) is 0. The molecule has 0 heteroatoms. The zero-order valence-electron chi connectivity index (χ0n) is 30.6. The van der Waals surface area contributed by atoms with Gasteiger partial charge in [-0.2, -0.15) is 0 Å². The second-order valence-electron chi connectivity index (χ2n) is 15.2. The first-order valence-corrected chi connectivity index (χ1v) is 19.5. The smallest absolute Gasteiger partial charge is 0.00206 e. The molecule has 0 aliphatic heterocycles. The average Bonchev–Trinajstić information content (AvgIpc) is 3.27. The minimum absolute atomic E-state index is 1.21. The topological polar surface area (TPSA) is 0 Å². The van der Waals surface area contributed by atoms with E-state index >= 15 is 0 Å². The van der Waals surface area contributed by atoms with Gasteiger partial charge in [0, 0.05) is 0 Å². The van der Waals surface area contributed by atoms with E-state index in [1.54, 1.807) is 0 Å². The van der Waals surface area contributed by atoms with Gasteiger partial charge < -0.3 is 0 Å². The molecule has 0 N–H and O–H groups in total. The molecule has 0 atom stereocenters. The summed E-state index contributed by atoms with van der Waals surface area (Å²) in [7, 11) is 0. The van der Waals surface area contributed by atoms with Crippen molar-refractivity contribution < 1.29 is 0 Å². The highest BCUT2D eigenvalue weighted by atomic mass is 14.2. The minimum Gasteiger partial charge on any atom is -0.0616 e. The molecular formula is C56H34. The first kappa shape index (κ1) is 31.1. The summed E-state index contributed by atoms with van der Waals surface area (Å²) in [5.41, 5.74) is 12.3. The van der Waals surface area contributed by atoms with Crippen LogP contribution in [0.15, 0.2) is 206 Å². The van der Waals surface area contributed by atoms with Crippen molar-refractivity contribution in [3.8, 4) is 55.6 Å². The molecule has 0 unspecified atom stereocenters. The quantitative estimate of drug-likeness (QED) is 0.156. The van der Waals surface area contributed by atoms with Crippen LogP contribution < -0.4 is 0 Å². The summed E-state index contributed by atoms with van der Waals surface area (Å²) >= 11 is 0. The van der Waals surface area contributed by atoms with Crippen molar-refractivity contribution in [2.45, 2.75) is 0 Å². The van der Waals surface area contributed by atoms with E-state index in [0.29, 0.717) is 0 Å². The number of benzene rings is 12. The Labute approximate surface area is 325 Å². The van der Waals surface area contributed by atoms with E-state index in [1.165, 1.54) is 120 Å². The van der Waals surface area contributed by atoms with Crippen molar-refractivity contribution in [1.82, 2.24) is 0 Å². The van der Waals surface area contributed by atoms with Crippen LogP contribution in [0.2, 0.25) is 0 Å². The Morgan fingerprint density at radius 1 is 0.179 bits per heavy atom. The standard InChI is InChI=1S/C56H34/c1-3-16-49(45(14-1)35-18-20-36(21-19-35)47-30-26-41-24-22-37-8-5-10-39-28-32-51(47)55(41)53(37)39)50-17-4-2-15-46(50)43-12-7-13-44(34-43)48-31-27-42-25-23-38-9-6-11-40-29-33-52(48)56(42)54(38)40/h1-34H. The molecule has 56 heavy (non-hydrogen) atoms. The molecule has 0 aliphatic carbocycles. The molecule has 12 rings (SSSR count). The third kappa shape index (κ3) is 4.66. The number of hydrogen-bond donors (Lipinski definition) is 0. The Morgan fingerprint density at radius 3 is 1.02 bits per heavy atom. The van der Waals surface area contributed by atoms with E-state index in [4.69, 9.17) is 0 Å². The van der Waals surface area contributed by atoms with Crippen molar-refractivity contribution in [2.24, 2.45) is 0 Å².